The summed E-state index contributed by atoms with van der Waals surface area (Å²) in [6.07, 6.45) is 3.12. The van der Waals surface area contributed by atoms with E-state index in [1.54, 1.807) is 10.8 Å². The molecule has 112 valence electrons. The summed E-state index contributed by atoms with van der Waals surface area (Å²) in [4.78, 5) is 16.2. The van der Waals surface area contributed by atoms with Gasteiger partial charge in [0.2, 0.25) is 0 Å². The van der Waals surface area contributed by atoms with Gasteiger partial charge in [0.05, 0.1) is 15.1 Å². The monoisotopic (exact) mass is 346 g/mol. The van der Waals surface area contributed by atoms with Gasteiger partial charge in [-0.25, -0.2) is 4.98 Å². The van der Waals surface area contributed by atoms with Crippen LogP contribution < -0.4 is 10.3 Å². The second-order valence-corrected chi connectivity index (χ2v) is 6.10. The standard InChI is InChI=1S/C14H13Cl3N2O2/c1-8(2)7-19-4-3-18-13(14(19)20)21-12-6-10(16)9(15)5-11(12)17/h3-6,8H,7H2,1-2H3. The zero-order valence-corrected chi connectivity index (χ0v) is 13.7. The summed E-state index contributed by atoms with van der Waals surface area (Å²) >= 11 is 17.8. The van der Waals surface area contributed by atoms with Crippen molar-refractivity contribution >= 4 is 34.8 Å². The Morgan fingerprint density at radius 3 is 2.52 bits per heavy atom. The van der Waals surface area contributed by atoms with E-state index in [0.717, 1.165) is 0 Å². The Morgan fingerprint density at radius 1 is 1.19 bits per heavy atom. The molecular formula is C14H13Cl3N2O2. The molecule has 0 atom stereocenters. The van der Waals surface area contributed by atoms with Crippen molar-refractivity contribution < 1.29 is 4.74 Å². The van der Waals surface area contributed by atoms with E-state index in [1.165, 1.54) is 18.3 Å². The predicted molar refractivity (Wildman–Crippen MR) is 84.9 cm³/mol. The van der Waals surface area contributed by atoms with Crippen LogP contribution in [0.1, 0.15) is 13.8 Å². The van der Waals surface area contributed by atoms with Crippen LogP contribution >= 0.6 is 34.8 Å². The third kappa shape index (κ3) is 3.90. The minimum absolute atomic E-state index is 0.0570. The van der Waals surface area contributed by atoms with Gasteiger partial charge in [-0.1, -0.05) is 48.7 Å². The normalized spacial score (nSPS) is 11.0. The molecule has 7 heteroatoms. The molecule has 21 heavy (non-hydrogen) atoms. The molecular weight excluding hydrogens is 335 g/mol. The lowest BCUT2D eigenvalue weighted by Crippen LogP contribution is -2.23. The summed E-state index contributed by atoms with van der Waals surface area (Å²) in [6, 6.07) is 2.91. The van der Waals surface area contributed by atoms with Gasteiger partial charge in [0.15, 0.2) is 0 Å². The van der Waals surface area contributed by atoms with Crippen molar-refractivity contribution in [3.63, 3.8) is 0 Å². The quantitative estimate of drug-likeness (QED) is 0.756. The Balaban J connectivity index is 2.36. The first-order valence-electron chi connectivity index (χ1n) is 6.26. The average molecular weight is 348 g/mol. The van der Waals surface area contributed by atoms with E-state index in [0.29, 0.717) is 17.5 Å². The van der Waals surface area contributed by atoms with E-state index < -0.39 is 0 Å². The molecule has 4 nitrogen and oxygen atoms in total. The van der Waals surface area contributed by atoms with Crippen LogP contribution in [0.4, 0.5) is 0 Å². The highest BCUT2D eigenvalue weighted by Gasteiger charge is 2.13. The Hall–Kier alpha value is -1.23. The highest BCUT2D eigenvalue weighted by atomic mass is 35.5. The Morgan fingerprint density at radius 2 is 1.86 bits per heavy atom. The SMILES string of the molecule is CC(C)Cn1ccnc(Oc2cc(Cl)c(Cl)cc2Cl)c1=O. The van der Waals surface area contributed by atoms with Crippen molar-refractivity contribution in [2.45, 2.75) is 20.4 Å². The number of nitrogens with zero attached hydrogens (tertiary/aromatic N) is 2. The van der Waals surface area contributed by atoms with Crippen LogP contribution in [0.15, 0.2) is 29.3 Å². The summed E-state index contributed by atoms with van der Waals surface area (Å²) in [6.45, 7) is 4.61. The molecule has 1 aromatic carbocycles. The maximum absolute atomic E-state index is 12.2. The topological polar surface area (TPSA) is 44.1 Å². The number of ether oxygens (including phenoxy) is 1. The molecule has 0 amide bonds. The van der Waals surface area contributed by atoms with Gasteiger partial charge in [0, 0.05) is 25.0 Å². The highest BCUT2D eigenvalue weighted by molar-refractivity contribution is 6.43. The maximum atomic E-state index is 12.2. The van der Waals surface area contributed by atoms with E-state index >= 15 is 0 Å². The Labute approximate surface area is 137 Å². The number of aromatic nitrogens is 2. The minimum Gasteiger partial charge on any atom is -0.433 e. The van der Waals surface area contributed by atoms with Gasteiger partial charge in [0.1, 0.15) is 5.75 Å². The lowest BCUT2D eigenvalue weighted by atomic mass is 10.2. The predicted octanol–water partition coefficient (Wildman–Crippen LogP) is 4.65. The van der Waals surface area contributed by atoms with Crippen LogP contribution in [0, 0.1) is 5.92 Å². The second-order valence-electron chi connectivity index (χ2n) is 4.88. The summed E-state index contributed by atoms with van der Waals surface area (Å²) in [5.41, 5.74) is -0.326. The Bertz CT molecular complexity index is 714. The van der Waals surface area contributed by atoms with E-state index in [2.05, 4.69) is 4.98 Å². The van der Waals surface area contributed by atoms with Crippen molar-refractivity contribution in [2.24, 2.45) is 5.92 Å². The lowest BCUT2D eigenvalue weighted by Gasteiger charge is -2.11. The molecule has 0 radical (unpaired) electrons. The molecule has 0 saturated carbocycles. The van der Waals surface area contributed by atoms with Gasteiger partial charge in [-0.2, -0.15) is 0 Å². The third-order valence-electron chi connectivity index (χ3n) is 2.63. The zero-order valence-electron chi connectivity index (χ0n) is 11.4. The maximum Gasteiger partial charge on any atom is 0.313 e. The number of rotatable bonds is 4. The highest BCUT2D eigenvalue weighted by Crippen LogP contribution is 2.35. The fourth-order valence-electron chi connectivity index (χ4n) is 1.72. The molecule has 0 bridgehead atoms. The third-order valence-corrected chi connectivity index (χ3v) is 3.64. The number of hydrogen-bond donors (Lipinski definition) is 0. The second kappa shape index (κ2) is 6.69. The fraction of sp³-hybridized carbons (Fsp3) is 0.286. The molecule has 0 N–H and O–H groups in total. The summed E-state index contributed by atoms with van der Waals surface area (Å²) in [7, 11) is 0. The van der Waals surface area contributed by atoms with E-state index in [-0.39, 0.29) is 27.2 Å². The molecule has 0 aliphatic rings. The summed E-state index contributed by atoms with van der Waals surface area (Å²) in [5, 5.41) is 0.853. The van der Waals surface area contributed by atoms with E-state index in [4.69, 9.17) is 39.5 Å². The molecule has 0 unspecified atom stereocenters. The lowest BCUT2D eigenvalue weighted by molar-refractivity contribution is 0.432. The fourth-order valence-corrected chi connectivity index (χ4v) is 2.30. The van der Waals surface area contributed by atoms with Crippen LogP contribution in [0.2, 0.25) is 15.1 Å². The average Bonchev–Trinajstić information content (AvgIpc) is 2.40. The number of hydrogen-bond acceptors (Lipinski definition) is 3. The summed E-state index contributed by atoms with van der Waals surface area (Å²) in [5.74, 6) is 0.503. The van der Waals surface area contributed by atoms with Gasteiger partial charge < -0.3 is 9.30 Å². The first-order chi connectivity index (χ1) is 9.88. The van der Waals surface area contributed by atoms with Crippen molar-refractivity contribution in [3.8, 4) is 11.6 Å². The Kier molecular flexibility index (Phi) is 5.14. The van der Waals surface area contributed by atoms with Crippen LogP contribution in [-0.4, -0.2) is 9.55 Å². The van der Waals surface area contributed by atoms with Gasteiger partial charge in [0.25, 0.3) is 5.88 Å². The van der Waals surface area contributed by atoms with Gasteiger partial charge in [-0.3, -0.25) is 4.79 Å². The molecule has 2 rings (SSSR count). The largest absolute Gasteiger partial charge is 0.433 e. The molecule has 0 saturated heterocycles. The molecule has 0 aliphatic carbocycles. The van der Waals surface area contributed by atoms with Crippen LogP contribution in [0.3, 0.4) is 0 Å². The smallest absolute Gasteiger partial charge is 0.313 e. The number of halogens is 3. The van der Waals surface area contributed by atoms with Gasteiger partial charge in [-0.15, -0.1) is 0 Å². The molecule has 0 spiro atoms. The van der Waals surface area contributed by atoms with Crippen LogP contribution in [0.25, 0.3) is 0 Å². The zero-order chi connectivity index (χ0) is 15.6. The minimum atomic E-state index is -0.326. The van der Waals surface area contributed by atoms with Crippen LogP contribution in [-0.2, 0) is 6.54 Å². The van der Waals surface area contributed by atoms with E-state index in [1.807, 2.05) is 13.8 Å². The van der Waals surface area contributed by atoms with Gasteiger partial charge >= 0.3 is 5.56 Å². The van der Waals surface area contributed by atoms with Crippen molar-refractivity contribution in [1.82, 2.24) is 9.55 Å². The first-order valence-corrected chi connectivity index (χ1v) is 7.39. The van der Waals surface area contributed by atoms with Crippen molar-refractivity contribution in [3.05, 3.63) is 49.9 Å². The van der Waals surface area contributed by atoms with Gasteiger partial charge in [-0.05, 0) is 12.0 Å². The summed E-state index contributed by atoms with van der Waals surface area (Å²) < 4.78 is 7.02. The van der Waals surface area contributed by atoms with Crippen LogP contribution in [0.5, 0.6) is 11.6 Å². The molecule has 2 aromatic rings. The first kappa shape index (κ1) is 16.1. The molecule has 1 aromatic heterocycles. The molecule has 1 heterocycles. The van der Waals surface area contributed by atoms with E-state index in [9.17, 15) is 4.79 Å². The van der Waals surface area contributed by atoms with Crippen molar-refractivity contribution in [1.29, 1.82) is 0 Å². The molecule has 0 aliphatic heterocycles. The number of benzene rings is 1. The van der Waals surface area contributed by atoms with Crippen molar-refractivity contribution in [2.75, 3.05) is 0 Å². The molecule has 0 fully saturated rings.